The van der Waals surface area contributed by atoms with E-state index in [1.807, 2.05) is 91.0 Å². The Morgan fingerprint density at radius 1 is 0.703 bits per heavy atom. The van der Waals surface area contributed by atoms with Gasteiger partial charge in [-0.25, -0.2) is 0 Å². The Kier molecular flexibility index (Phi) is 7.89. The van der Waals surface area contributed by atoms with Gasteiger partial charge >= 0.3 is 0 Å². The Bertz CT molecular complexity index is 1370. The van der Waals surface area contributed by atoms with Crippen LogP contribution < -0.4 is 0 Å². The molecule has 1 aliphatic heterocycles. The quantitative estimate of drug-likeness (QED) is 0.215. The number of carbonyl (C=O) groups excluding carboxylic acids is 1. The van der Waals surface area contributed by atoms with Crippen LogP contribution in [0.5, 0.6) is 0 Å². The Labute approximate surface area is 227 Å². The van der Waals surface area contributed by atoms with Crippen molar-refractivity contribution >= 4 is 35.2 Å². The first-order valence-corrected chi connectivity index (χ1v) is 13.0. The van der Waals surface area contributed by atoms with Crippen molar-refractivity contribution in [2.75, 3.05) is 0 Å². The van der Waals surface area contributed by atoms with Crippen LogP contribution in [-0.4, -0.2) is 6.29 Å². The zero-order valence-corrected chi connectivity index (χ0v) is 21.7. The maximum atomic E-state index is 12.7. The van der Waals surface area contributed by atoms with Gasteiger partial charge in [-0.1, -0.05) is 96.0 Å². The fourth-order valence-electron chi connectivity index (χ4n) is 4.83. The van der Waals surface area contributed by atoms with E-state index in [2.05, 4.69) is 24.3 Å². The van der Waals surface area contributed by atoms with E-state index >= 15 is 0 Å². The number of carbonyl (C=O) groups is 1. The molecule has 4 aromatic rings. The summed E-state index contributed by atoms with van der Waals surface area (Å²) in [6.45, 7) is 0. The molecule has 4 aromatic carbocycles. The van der Waals surface area contributed by atoms with E-state index in [0.717, 1.165) is 30.3 Å². The molecular formula is C33H26Cl2O2. The van der Waals surface area contributed by atoms with Crippen LogP contribution in [0.15, 0.2) is 127 Å². The number of hydrogen-bond acceptors (Lipinski definition) is 2. The topological polar surface area (TPSA) is 26.3 Å². The molecule has 0 N–H and O–H groups in total. The average molecular weight is 525 g/mol. The van der Waals surface area contributed by atoms with Crippen molar-refractivity contribution in [3.05, 3.63) is 159 Å². The maximum Gasteiger partial charge on any atom is 0.150 e. The average Bonchev–Trinajstić information content (AvgIpc) is 2.94. The summed E-state index contributed by atoms with van der Waals surface area (Å²) in [4.78, 5) is 12.7. The Hall–Kier alpha value is -3.59. The van der Waals surface area contributed by atoms with Crippen molar-refractivity contribution in [3.8, 4) is 0 Å². The molecule has 0 saturated carbocycles. The lowest BCUT2D eigenvalue weighted by Crippen LogP contribution is -2.21. The van der Waals surface area contributed by atoms with Gasteiger partial charge in [0.1, 0.15) is 17.8 Å². The smallest absolute Gasteiger partial charge is 0.150 e. The summed E-state index contributed by atoms with van der Waals surface area (Å²) in [5.41, 5.74) is 4.91. The third-order valence-corrected chi connectivity index (χ3v) is 7.17. The molecule has 4 heteroatoms. The molecule has 0 radical (unpaired) electrons. The zero-order valence-electron chi connectivity index (χ0n) is 20.2. The van der Waals surface area contributed by atoms with Gasteiger partial charge in [-0.05, 0) is 72.0 Å². The predicted octanol–water partition coefficient (Wildman–Crippen LogP) is 8.70. The minimum Gasteiger partial charge on any atom is -0.461 e. The van der Waals surface area contributed by atoms with Crippen molar-refractivity contribution in [3.63, 3.8) is 0 Å². The molecule has 0 amide bonds. The highest BCUT2D eigenvalue weighted by atomic mass is 35.5. The summed E-state index contributed by atoms with van der Waals surface area (Å²) in [5, 5.41) is 1.31. The summed E-state index contributed by atoms with van der Waals surface area (Å²) in [7, 11) is 0. The number of allylic oxidation sites excluding steroid dienone is 3. The Balaban J connectivity index is 1.63. The van der Waals surface area contributed by atoms with Crippen LogP contribution in [-0.2, 0) is 22.4 Å². The van der Waals surface area contributed by atoms with Crippen molar-refractivity contribution in [1.29, 1.82) is 0 Å². The molecule has 1 atom stereocenters. The summed E-state index contributed by atoms with van der Waals surface area (Å²) in [6, 6.07) is 35.9. The molecule has 2 nitrogen and oxygen atoms in total. The normalized spacial score (nSPS) is 15.3. The van der Waals surface area contributed by atoms with Crippen molar-refractivity contribution < 1.29 is 9.53 Å². The molecule has 37 heavy (non-hydrogen) atoms. The van der Waals surface area contributed by atoms with Crippen LogP contribution in [0, 0.1) is 5.92 Å². The van der Waals surface area contributed by atoms with Gasteiger partial charge in [0.05, 0.1) is 0 Å². The Morgan fingerprint density at radius 3 is 1.73 bits per heavy atom. The SMILES string of the molecule is O=CC1=C(C(Cc2ccccc2)Cc2ccccc2)OC(c2ccc(Cl)cc2)=CC1c1ccc(Cl)cc1. The second kappa shape index (κ2) is 11.6. The summed E-state index contributed by atoms with van der Waals surface area (Å²) >= 11 is 12.4. The van der Waals surface area contributed by atoms with Gasteiger partial charge in [0.2, 0.25) is 0 Å². The third kappa shape index (κ3) is 6.05. The largest absolute Gasteiger partial charge is 0.461 e. The predicted molar refractivity (Wildman–Crippen MR) is 152 cm³/mol. The van der Waals surface area contributed by atoms with E-state index in [-0.39, 0.29) is 11.8 Å². The fraction of sp³-hybridized carbons (Fsp3) is 0.121. The molecule has 184 valence electrons. The maximum absolute atomic E-state index is 12.7. The lowest BCUT2D eigenvalue weighted by Gasteiger charge is -2.31. The lowest BCUT2D eigenvalue weighted by atomic mass is 9.82. The van der Waals surface area contributed by atoms with E-state index in [1.54, 1.807) is 0 Å². The second-order valence-electron chi connectivity index (χ2n) is 9.18. The van der Waals surface area contributed by atoms with Crippen LogP contribution in [0.3, 0.4) is 0 Å². The number of halogens is 2. The monoisotopic (exact) mass is 524 g/mol. The molecule has 5 rings (SSSR count). The van der Waals surface area contributed by atoms with Gasteiger partial charge in [0.25, 0.3) is 0 Å². The fourth-order valence-corrected chi connectivity index (χ4v) is 5.08. The molecule has 0 fully saturated rings. The van der Waals surface area contributed by atoms with Gasteiger partial charge in [-0.2, -0.15) is 0 Å². The first kappa shape index (κ1) is 25.1. The van der Waals surface area contributed by atoms with E-state index < -0.39 is 0 Å². The number of benzene rings is 4. The molecule has 0 aliphatic carbocycles. The van der Waals surface area contributed by atoms with Gasteiger partial charge in [0.15, 0.2) is 0 Å². The minimum absolute atomic E-state index is 0.0456. The standard InChI is InChI=1S/C33H26Cl2O2/c34-28-15-11-25(12-16-28)30-21-32(26-13-17-29(35)18-14-26)37-33(31(30)22-36)27(19-23-7-3-1-4-8-23)20-24-9-5-2-6-10-24/h1-18,21-22,27,30H,19-20H2. The molecule has 1 unspecified atom stereocenters. The first-order chi connectivity index (χ1) is 18.1. The molecule has 0 saturated heterocycles. The minimum atomic E-state index is -0.266. The summed E-state index contributed by atoms with van der Waals surface area (Å²) in [5.74, 6) is 1.10. The highest BCUT2D eigenvalue weighted by Crippen LogP contribution is 2.41. The number of aldehydes is 1. The van der Waals surface area contributed by atoms with Crippen LogP contribution in [0.25, 0.3) is 5.76 Å². The van der Waals surface area contributed by atoms with Gasteiger partial charge in [0, 0.05) is 33.0 Å². The van der Waals surface area contributed by atoms with Crippen molar-refractivity contribution in [2.24, 2.45) is 5.92 Å². The molecule has 1 aliphatic rings. The van der Waals surface area contributed by atoms with E-state index in [9.17, 15) is 4.79 Å². The first-order valence-electron chi connectivity index (χ1n) is 12.3. The summed E-state index contributed by atoms with van der Waals surface area (Å²) in [6.07, 6.45) is 4.45. The molecule has 0 aromatic heterocycles. The number of ether oxygens (including phenoxy) is 1. The molecule has 0 spiro atoms. The van der Waals surface area contributed by atoms with Crippen molar-refractivity contribution in [1.82, 2.24) is 0 Å². The highest BCUT2D eigenvalue weighted by molar-refractivity contribution is 6.30. The van der Waals surface area contributed by atoms with E-state index in [0.29, 0.717) is 27.1 Å². The summed E-state index contributed by atoms with van der Waals surface area (Å²) < 4.78 is 6.64. The lowest BCUT2D eigenvalue weighted by molar-refractivity contribution is -0.105. The van der Waals surface area contributed by atoms with E-state index in [1.165, 1.54) is 11.1 Å². The van der Waals surface area contributed by atoms with Crippen molar-refractivity contribution in [2.45, 2.75) is 18.8 Å². The van der Waals surface area contributed by atoms with Crippen LogP contribution >= 0.6 is 23.2 Å². The van der Waals surface area contributed by atoms with Crippen LogP contribution in [0.1, 0.15) is 28.2 Å². The van der Waals surface area contributed by atoms with Gasteiger partial charge in [-0.3, -0.25) is 4.79 Å². The molecular weight excluding hydrogens is 499 g/mol. The molecule has 0 bridgehead atoms. The van der Waals surface area contributed by atoms with E-state index in [4.69, 9.17) is 27.9 Å². The number of hydrogen-bond donors (Lipinski definition) is 0. The van der Waals surface area contributed by atoms with Gasteiger partial charge in [-0.15, -0.1) is 0 Å². The third-order valence-electron chi connectivity index (χ3n) is 6.66. The van der Waals surface area contributed by atoms with Crippen LogP contribution in [0.2, 0.25) is 10.0 Å². The number of rotatable bonds is 8. The second-order valence-corrected chi connectivity index (χ2v) is 10.1. The Morgan fingerprint density at radius 2 is 1.22 bits per heavy atom. The van der Waals surface area contributed by atoms with Gasteiger partial charge < -0.3 is 4.74 Å². The molecule has 1 heterocycles. The zero-order chi connectivity index (χ0) is 25.6. The highest BCUT2D eigenvalue weighted by Gasteiger charge is 2.31. The van der Waals surface area contributed by atoms with Crippen LogP contribution in [0.4, 0.5) is 0 Å².